The zero-order valence-corrected chi connectivity index (χ0v) is 17.5. The molecule has 0 unspecified atom stereocenters. The summed E-state index contributed by atoms with van der Waals surface area (Å²) in [6.07, 6.45) is 0. The third-order valence-corrected chi connectivity index (χ3v) is 7.17. The van der Waals surface area contributed by atoms with Crippen LogP contribution in [0.4, 0.5) is 0 Å². The summed E-state index contributed by atoms with van der Waals surface area (Å²) in [6, 6.07) is 18.2. The van der Waals surface area contributed by atoms with E-state index in [9.17, 15) is 0 Å². The van der Waals surface area contributed by atoms with Crippen molar-refractivity contribution < 1.29 is 0 Å². The topological polar surface area (TPSA) is 0 Å². The van der Waals surface area contributed by atoms with Gasteiger partial charge in [0.2, 0.25) is 0 Å². The Hall–Kier alpha value is -2.19. The molecule has 2 heteroatoms. The molecule has 0 aliphatic rings. The first kappa shape index (κ1) is 17.2. The molecule has 1 aromatic heterocycles. The van der Waals surface area contributed by atoms with Gasteiger partial charge in [0.15, 0.2) is 0 Å². The molecule has 0 amide bonds. The van der Waals surface area contributed by atoms with E-state index in [1.807, 2.05) is 0 Å². The number of rotatable bonds is 2. The van der Waals surface area contributed by atoms with Crippen molar-refractivity contribution in [1.29, 1.82) is 0 Å². The molecule has 0 aliphatic heterocycles. The summed E-state index contributed by atoms with van der Waals surface area (Å²) in [5.74, 6) is 2.36. The molecular formula is C24H25BSi. The molecular weight excluding hydrogens is 327 g/mol. The number of hydrogen-bond donors (Lipinski definition) is 0. The summed E-state index contributed by atoms with van der Waals surface area (Å²) in [7, 11) is -0.815. The first-order chi connectivity index (χ1) is 12.5. The second-order valence-corrected chi connectivity index (χ2v) is 10.9. The maximum absolute atomic E-state index is 2.43. The van der Waals surface area contributed by atoms with Crippen molar-refractivity contribution in [2.75, 3.05) is 0 Å². The van der Waals surface area contributed by atoms with E-state index in [1.165, 1.54) is 54.4 Å². The number of fused-ring (bicyclic) bond motifs is 2. The second-order valence-electron chi connectivity index (χ2n) is 7.88. The van der Waals surface area contributed by atoms with Crippen LogP contribution in [-0.4, -0.2) is 15.7 Å². The minimum atomic E-state index is -0.815. The summed E-state index contributed by atoms with van der Waals surface area (Å²) in [6.45, 7) is 13.8. The molecule has 4 rings (SSSR count). The van der Waals surface area contributed by atoms with Gasteiger partial charge in [-0.3, -0.25) is 0 Å². The molecule has 4 aromatic rings. The third-order valence-electron chi connectivity index (χ3n) is 5.48. The Morgan fingerprint density at radius 1 is 0.769 bits per heavy atom. The van der Waals surface area contributed by atoms with Gasteiger partial charge in [-0.2, -0.15) is 0 Å². The summed E-state index contributed by atoms with van der Waals surface area (Å²) >= 11 is 0. The van der Waals surface area contributed by atoms with Crippen LogP contribution >= 0.6 is 0 Å². The maximum atomic E-state index is 2.43. The van der Waals surface area contributed by atoms with Gasteiger partial charge in [-0.25, -0.2) is 0 Å². The van der Waals surface area contributed by atoms with Crippen molar-refractivity contribution in [3.8, 4) is 11.1 Å². The average molecular weight is 352 g/mol. The predicted octanol–water partition coefficient (Wildman–Crippen LogP) is 5.62. The van der Waals surface area contributed by atoms with Crippen LogP contribution in [0.3, 0.4) is 0 Å². The van der Waals surface area contributed by atoms with Crippen molar-refractivity contribution >= 4 is 42.3 Å². The van der Waals surface area contributed by atoms with Gasteiger partial charge in [-0.15, -0.1) is 0 Å². The molecule has 0 aliphatic carbocycles. The van der Waals surface area contributed by atoms with Crippen molar-refractivity contribution in [2.24, 2.45) is 0 Å². The molecule has 1 heterocycles. The summed E-state index contributed by atoms with van der Waals surface area (Å²) in [5.41, 5.74) is 6.85. The Morgan fingerprint density at radius 2 is 1.46 bits per heavy atom. The van der Waals surface area contributed by atoms with E-state index in [0.29, 0.717) is 0 Å². The van der Waals surface area contributed by atoms with Gasteiger partial charge in [-0.05, 0) is 0 Å². The Balaban J connectivity index is 2.18. The Morgan fingerprint density at radius 3 is 2.15 bits per heavy atom. The van der Waals surface area contributed by atoms with Crippen molar-refractivity contribution in [1.82, 2.24) is 0 Å². The zero-order chi connectivity index (χ0) is 18.4. The van der Waals surface area contributed by atoms with Gasteiger partial charge in [0, 0.05) is 0 Å². The van der Waals surface area contributed by atoms with Gasteiger partial charge in [0.1, 0.15) is 0 Å². The van der Waals surface area contributed by atoms with E-state index in [2.05, 4.69) is 95.3 Å². The standard InChI is InChI=1S/C24H25BSi/c1-15-10-16(2)22(17(3)11-15)23-21-9-7-6-8-18(21)12-19-13-20(26(4)5)14-25-24(19)23/h6-14,26H,1-5H3. The molecule has 128 valence electrons. The van der Waals surface area contributed by atoms with Crippen molar-refractivity contribution in [3.05, 3.63) is 71.2 Å². The van der Waals surface area contributed by atoms with Crippen LogP contribution in [-0.2, 0) is 0 Å². The average Bonchev–Trinajstić information content (AvgIpc) is 2.59. The second kappa shape index (κ2) is 6.52. The molecule has 3 aromatic carbocycles. The third kappa shape index (κ3) is 2.83. The SMILES string of the molecule is Cc1cc(C)c(-c2c3bcc([SiH](C)C)cc3cc3ccccc23)c(C)c1. The van der Waals surface area contributed by atoms with Gasteiger partial charge < -0.3 is 0 Å². The van der Waals surface area contributed by atoms with E-state index < -0.39 is 8.80 Å². The quantitative estimate of drug-likeness (QED) is 0.325. The van der Waals surface area contributed by atoms with Crippen molar-refractivity contribution in [2.45, 2.75) is 33.9 Å². The Kier molecular flexibility index (Phi) is 4.32. The van der Waals surface area contributed by atoms with E-state index in [0.717, 1.165) is 0 Å². The van der Waals surface area contributed by atoms with Crippen LogP contribution in [0.15, 0.2) is 54.5 Å². The van der Waals surface area contributed by atoms with Gasteiger partial charge >= 0.3 is 159 Å². The molecule has 0 bridgehead atoms. The molecule has 0 atom stereocenters. The van der Waals surface area contributed by atoms with Gasteiger partial charge in [0.05, 0.1) is 0 Å². The molecule has 0 fully saturated rings. The molecule has 26 heavy (non-hydrogen) atoms. The zero-order valence-electron chi connectivity index (χ0n) is 16.4. The first-order valence-electron chi connectivity index (χ1n) is 9.49. The van der Waals surface area contributed by atoms with Crippen LogP contribution in [0.1, 0.15) is 16.7 Å². The van der Waals surface area contributed by atoms with Crippen LogP contribution < -0.4 is 5.19 Å². The van der Waals surface area contributed by atoms with Gasteiger partial charge in [-0.1, -0.05) is 0 Å². The summed E-state index contributed by atoms with van der Waals surface area (Å²) in [4.78, 5) is 0. The van der Waals surface area contributed by atoms with E-state index in [4.69, 9.17) is 0 Å². The van der Waals surface area contributed by atoms with Crippen LogP contribution in [0.2, 0.25) is 13.1 Å². The fourth-order valence-corrected chi connectivity index (χ4v) is 5.29. The summed E-state index contributed by atoms with van der Waals surface area (Å²) < 4.78 is 0. The Labute approximate surface area is 158 Å². The van der Waals surface area contributed by atoms with Crippen LogP contribution in [0, 0.1) is 20.8 Å². The Bertz CT molecular complexity index is 1120. The minimum absolute atomic E-state index is 0.815. The predicted molar refractivity (Wildman–Crippen MR) is 121 cm³/mol. The monoisotopic (exact) mass is 352 g/mol. The fraction of sp³-hybridized carbons (Fsp3) is 0.208. The molecule has 0 radical (unpaired) electrons. The molecule has 0 saturated heterocycles. The number of aryl methyl sites for hydroxylation is 3. The van der Waals surface area contributed by atoms with E-state index >= 15 is 0 Å². The van der Waals surface area contributed by atoms with Gasteiger partial charge in [0.25, 0.3) is 0 Å². The van der Waals surface area contributed by atoms with E-state index in [1.54, 1.807) is 0 Å². The van der Waals surface area contributed by atoms with Crippen LogP contribution in [0.25, 0.3) is 32.6 Å². The van der Waals surface area contributed by atoms with Crippen molar-refractivity contribution in [3.63, 3.8) is 0 Å². The molecule has 0 spiro atoms. The number of hydrogen-bond acceptors (Lipinski definition) is 0. The number of benzene rings is 3. The molecule has 0 N–H and O–H groups in total. The first-order valence-corrected chi connectivity index (χ1v) is 12.4. The normalized spacial score (nSPS) is 11.5. The van der Waals surface area contributed by atoms with Crippen LogP contribution in [0.5, 0.6) is 0 Å². The summed E-state index contributed by atoms with van der Waals surface area (Å²) in [5, 5.41) is 6.96. The molecule has 0 saturated carbocycles. The molecule has 0 nitrogen and oxygen atoms in total. The van der Waals surface area contributed by atoms with E-state index in [-0.39, 0.29) is 0 Å². The fourth-order valence-electron chi connectivity index (χ4n) is 4.29.